The van der Waals surface area contributed by atoms with Gasteiger partial charge in [0.2, 0.25) is 0 Å². The van der Waals surface area contributed by atoms with Crippen LogP contribution in [-0.2, 0) is 13.0 Å². The van der Waals surface area contributed by atoms with Gasteiger partial charge in [-0.2, -0.15) is 18.3 Å². The summed E-state index contributed by atoms with van der Waals surface area (Å²) in [4.78, 5) is 12.7. The Kier molecular flexibility index (Phi) is 7.62. The molecule has 170 valence electrons. The molecule has 1 fully saturated rings. The van der Waals surface area contributed by atoms with Crippen molar-refractivity contribution in [1.29, 1.82) is 0 Å². The van der Waals surface area contributed by atoms with Crippen molar-refractivity contribution in [3.05, 3.63) is 40.3 Å². The van der Waals surface area contributed by atoms with Crippen molar-refractivity contribution < 1.29 is 22.4 Å². The zero-order valence-corrected chi connectivity index (χ0v) is 18.1. The molecule has 9 heteroatoms. The zero-order valence-electron chi connectivity index (χ0n) is 17.4. The molecule has 1 saturated carbocycles. The molecule has 0 atom stereocenters. The molecule has 0 aliphatic heterocycles. The Hall–Kier alpha value is -2.09. The van der Waals surface area contributed by atoms with E-state index in [0.29, 0.717) is 19.0 Å². The third-order valence-electron chi connectivity index (χ3n) is 5.67. The maximum Gasteiger partial charge on any atom is 0.389 e. The maximum atomic E-state index is 14.8. The van der Waals surface area contributed by atoms with Crippen molar-refractivity contribution >= 4 is 17.5 Å². The summed E-state index contributed by atoms with van der Waals surface area (Å²) in [6, 6.07) is 3.91. The van der Waals surface area contributed by atoms with Gasteiger partial charge in [-0.3, -0.25) is 9.48 Å². The number of carbonyl (C=O) groups excluding carboxylic acids is 1. The fraction of sp³-hybridized carbons (Fsp3) is 0.545. The van der Waals surface area contributed by atoms with Crippen LogP contribution in [0.15, 0.2) is 18.2 Å². The van der Waals surface area contributed by atoms with Crippen molar-refractivity contribution in [2.75, 3.05) is 6.54 Å². The van der Waals surface area contributed by atoms with Gasteiger partial charge in [0.15, 0.2) is 5.69 Å². The maximum absolute atomic E-state index is 14.8. The number of nitrogens with zero attached hydrogens (tertiary/aromatic N) is 2. The number of benzene rings is 1. The Labute approximate surface area is 184 Å². The third kappa shape index (κ3) is 5.99. The number of aromatic nitrogens is 2. The standard InChI is InChI=1S/C22H26ClF4N3O/c1-2-30-20(16-9-8-14(12-17(16)24)10-11-22(25,26)27)18(23)19(29-30)21(31)28-13-15-6-4-3-5-7-15/h8-9,12,15H,2-7,10-11,13H2,1H3,(H,28,31). The Morgan fingerprint density at radius 3 is 2.58 bits per heavy atom. The summed E-state index contributed by atoms with van der Waals surface area (Å²) in [6.07, 6.45) is 0.0622. The molecule has 3 rings (SSSR count). The fourth-order valence-corrected chi connectivity index (χ4v) is 4.30. The van der Waals surface area contributed by atoms with Crippen molar-refractivity contribution in [2.45, 2.75) is 64.6 Å². The summed E-state index contributed by atoms with van der Waals surface area (Å²) in [5.74, 6) is -0.678. The van der Waals surface area contributed by atoms with E-state index in [1.165, 1.54) is 23.2 Å². The van der Waals surface area contributed by atoms with E-state index in [0.717, 1.165) is 31.7 Å². The van der Waals surface area contributed by atoms with Crippen molar-refractivity contribution in [1.82, 2.24) is 15.1 Å². The topological polar surface area (TPSA) is 46.9 Å². The molecule has 1 aliphatic carbocycles. The van der Waals surface area contributed by atoms with Crippen LogP contribution in [0.5, 0.6) is 0 Å². The number of hydrogen-bond acceptors (Lipinski definition) is 2. The Morgan fingerprint density at radius 1 is 1.26 bits per heavy atom. The quantitative estimate of drug-likeness (QED) is 0.503. The molecule has 4 nitrogen and oxygen atoms in total. The minimum absolute atomic E-state index is 0.0230. The fourth-order valence-electron chi connectivity index (χ4n) is 3.98. The summed E-state index contributed by atoms with van der Waals surface area (Å²) >= 11 is 6.43. The average molecular weight is 460 g/mol. The van der Waals surface area contributed by atoms with Gasteiger partial charge in [-0.1, -0.05) is 36.9 Å². The molecule has 0 saturated heterocycles. The van der Waals surface area contributed by atoms with E-state index in [-0.39, 0.29) is 34.0 Å². The highest BCUT2D eigenvalue weighted by atomic mass is 35.5. The van der Waals surface area contributed by atoms with Gasteiger partial charge in [0.25, 0.3) is 5.91 Å². The molecule has 0 unspecified atom stereocenters. The van der Waals surface area contributed by atoms with Crippen LogP contribution in [0.25, 0.3) is 11.3 Å². The second kappa shape index (κ2) is 10.0. The molecule has 1 aliphatic rings. The molecule has 0 radical (unpaired) electrons. The molecule has 0 bridgehead atoms. The average Bonchev–Trinajstić information content (AvgIpc) is 3.07. The van der Waals surface area contributed by atoms with E-state index in [2.05, 4.69) is 10.4 Å². The second-order valence-corrected chi connectivity index (χ2v) is 8.35. The van der Waals surface area contributed by atoms with E-state index in [9.17, 15) is 22.4 Å². The minimum atomic E-state index is -4.31. The monoisotopic (exact) mass is 459 g/mol. The first kappa shape index (κ1) is 23.6. The number of rotatable bonds is 7. The van der Waals surface area contributed by atoms with Crippen molar-refractivity contribution in [3.63, 3.8) is 0 Å². The molecule has 1 N–H and O–H groups in total. The second-order valence-electron chi connectivity index (χ2n) is 7.97. The number of hydrogen-bond donors (Lipinski definition) is 1. The molecular formula is C22H26ClF4N3O. The molecule has 0 spiro atoms. The van der Waals surface area contributed by atoms with Crippen LogP contribution in [0.1, 0.15) is 61.5 Å². The van der Waals surface area contributed by atoms with Crippen LogP contribution in [0, 0.1) is 11.7 Å². The highest BCUT2D eigenvalue weighted by Crippen LogP contribution is 2.34. The van der Waals surface area contributed by atoms with Crippen molar-refractivity contribution in [3.8, 4) is 11.3 Å². The lowest BCUT2D eigenvalue weighted by Gasteiger charge is -2.21. The van der Waals surface area contributed by atoms with Gasteiger partial charge in [0.1, 0.15) is 5.82 Å². The SMILES string of the molecule is CCn1nc(C(=O)NCC2CCCCC2)c(Cl)c1-c1ccc(CCC(F)(F)F)cc1F. The molecule has 1 heterocycles. The summed E-state index contributed by atoms with van der Waals surface area (Å²) in [5.41, 5.74) is 0.603. The first-order chi connectivity index (χ1) is 14.7. The van der Waals surface area contributed by atoms with E-state index < -0.39 is 24.3 Å². The molecule has 1 amide bonds. The molecule has 31 heavy (non-hydrogen) atoms. The number of alkyl halides is 3. The Bertz CT molecular complexity index is 920. The van der Waals surface area contributed by atoms with Crippen molar-refractivity contribution in [2.24, 2.45) is 5.92 Å². The minimum Gasteiger partial charge on any atom is -0.350 e. The lowest BCUT2D eigenvalue weighted by molar-refractivity contribution is -0.134. The van der Waals surface area contributed by atoms with Crippen LogP contribution < -0.4 is 5.32 Å². The lowest BCUT2D eigenvalue weighted by atomic mass is 9.89. The zero-order chi connectivity index (χ0) is 22.6. The first-order valence-corrected chi connectivity index (χ1v) is 11.0. The molecule has 1 aromatic carbocycles. The van der Waals surface area contributed by atoms with E-state index >= 15 is 0 Å². The smallest absolute Gasteiger partial charge is 0.350 e. The van der Waals surface area contributed by atoms with Gasteiger partial charge in [-0.05, 0) is 49.8 Å². The number of aryl methyl sites for hydroxylation is 2. The van der Waals surface area contributed by atoms with Crippen LogP contribution in [0.4, 0.5) is 17.6 Å². The predicted octanol–water partition coefficient (Wildman–Crippen LogP) is 6.17. The van der Waals surface area contributed by atoms with Gasteiger partial charge in [0.05, 0.1) is 10.7 Å². The lowest BCUT2D eigenvalue weighted by Crippen LogP contribution is -2.30. The van der Waals surface area contributed by atoms with Gasteiger partial charge >= 0.3 is 6.18 Å². The number of halogens is 5. The third-order valence-corrected chi connectivity index (χ3v) is 6.03. The Balaban J connectivity index is 1.80. The van der Waals surface area contributed by atoms with Crippen LogP contribution in [0.2, 0.25) is 5.02 Å². The first-order valence-electron chi connectivity index (χ1n) is 10.6. The van der Waals surface area contributed by atoms with Crippen LogP contribution in [-0.4, -0.2) is 28.4 Å². The number of amides is 1. The Morgan fingerprint density at radius 2 is 1.97 bits per heavy atom. The summed E-state index contributed by atoms with van der Waals surface area (Å²) < 4.78 is 53.5. The van der Waals surface area contributed by atoms with Gasteiger partial charge in [0, 0.05) is 25.1 Å². The van der Waals surface area contributed by atoms with Crippen LogP contribution >= 0.6 is 11.6 Å². The largest absolute Gasteiger partial charge is 0.389 e. The molecule has 2 aromatic rings. The number of carbonyl (C=O) groups is 1. The molecule has 1 aromatic heterocycles. The molecular weight excluding hydrogens is 434 g/mol. The highest BCUT2D eigenvalue weighted by Gasteiger charge is 2.28. The predicted molar refractivity (Wildman–Crippen MR) is 112 cm³/mol. The summed E-state index contributed by atoms with van der Waals surface area (Å²) in [5, 5.41) is 7.17. The van der Waals surface area contributed by atoms with E-state index in [1.54, 1.807) is 6.92 Å². The normalized spacial score (nSPS) is 15.3. The van der Waals surface area contributed by atoms with E-state index in [4.69, 9.17) is 11.6 Å². The summed E-state index contributed by atoms with van der Waals surface area (Å²) in [6.45, 7) is 2.68. The summed E-state index contributed by atoms with van der Waals surface area (Å²) in [7, 11) is 0. The number of nitrogens with one attached hydrogen (secondary N) is 1. The van der Waals surface area contributed by atoms with Crippen LogP contribution in [0.3, 0.4) is 0 Å². The highest BCUT2D eigenvalue weighted by molar-refractivity contribution is 6.36. The van der Waals surface area contributed by atoms with Gasteiger partial charge in [-0.15, -0.1) is 0 Å². The van der Waals surface area contributed by atoms with E-state index in [1.807, 2.05) is 0 Å². The van der Waals surface area contributed by atoms with Gasteiger partial charge < -0.3 is 5.32 Å². The van der Waals surface area contributed by atoms with Gasteiger partial charge in [-0.25, -0.2) is 4.39 Å².